The molecule has 0 aliphatic carbocycles. The topological polar surface area (TPSA) is 55.8 Å². The van der Waals surface area contributed by atoms with E-state index in [2.05, 4.69) is 0 Å². The van der Waals surface area contributed by atoms with E-state index in [1.807, 2.05) is 30.3 Å². The van der Waals surface area contributed by atoms with Crippen molar-refractivity contribution in [1.82, 2.24) is 0 Å². The smallest absolute Gasteiger partial charge is 0.337 e. The zero-order valence-corrected chi connectivity index (χ0v) is 11.2. The Morgan fingerprint density at radius 3 is 2.45 bits per heavy atom. The highest BCUT2D eigenvalue weighted by Gasteiger charge is 2.20. The number of hydrogen-bond donors (Lipinski definition) is 1. The summed E-state index contributed by atoms with van der Waals surface area (Å²) < 4.78 is 10.9. The summed E-state index contributed by atoms with van der Waals surface area (Å²) in [6.07, 6.45) is -0.973. The van der Waals surface area contributed by atoms with Gasteiger partial charge in [-0.25, -0.2) is 4.79 Å². The Balaban J connectivity index is 2.21. The average Bonchev–Trinajstić information content (AvgIpc) is 2.46. The van der Waals surface area contributed by atoms with Gasteiger partial charge in [0.2, 0.25) is 0 Å². The molecule has 104 valence electrons. The highest BCUT2D eigenvalue weighted by molar-refractivity contribution is 5.74. The molecule has 20 heavy (non-hydrogen) atoms. The molecule has 1 N–H and O–H groups in total. The van der Waals surface area contributed by atoms with E-state index < -0.39 is 12.1 Å². The summed E-state index contributed by atoms with van der Waals surface area (Å²) in [6, 6.07) is 16.3. The van der Waals surface area contributed by atoms with Gasteiger partial charge in [-0.15, -0.1) is 0 Å². The van der Waals surface area contributed by atoms with E-state index in [1.165, 1.54) is 0 Å². The number of carboxylic acid groups (broad SMARTS) is 1. The van der Waals surface area contributed by atoms with Crippen molar-refractivity contribution in [2.24, 2.45) is 0 Å². The molecule has 0 spiro atoms. The van der Waals surface area contributed by atoms with Gasteiger partial charge in [-0.05, 0) is 36.8 Å². The maximum atomic E-state index is 11.2. The van der Waals surface area contributed by atoms with Crippen molar-refractivity contribution in [2.75, 3.05) is 6.61 Å². The largest absolute Gasteiger partial charge is 0.479 e. The maximum Gasteiger partial charge on any atom is 0.337 e. The first-order valence-corrected chi connectivity index (χ1v) is 6.38. The molecule has 2 aromatic carbocycles. The summed E-state index contributed by atoms with van der Waals surface area (Å²) in [5.74, 6) is 0.274. The second-order valence-electron chi connectivity index (χ2n) is 4.16. The number of carbonyl (C=O) groups is 1. The fourth-order valence-corrected chi connectivity index (χ4v) is 1.84. The standard InChI is InChI=1S/C16H16O4/c1-2-19-15(16(17)18)12-7-6-10-14(11-12)20-13-8-4-3-5-9-13/h3-11,15H,2H2,1H3,(H,17,18). The summed E-state index contributed by atoms with van der Waals surface area (Å²) in [4.78, 5) is 11.2. The quantitative estimate of drug-likeness (QED) is 0.872. The van der Waals surface area contributed by atoms with Crippen LogP contribution in [-0.2, 0) is 9.53 Å². The first-order valence-electron chi connectivity index (χ1n) is 6.38. The van der Waals surface area contributed by atoms with Gasteiger partial charge in [0.05, 0.1) is 0 Å². The Morgan fingerprint density at radius 2 is 1.80 bits per heavy atom. The molecular formula is C16H16O4. The fourth-order valence-electron chi connectivity index (χ4n) is 1.84. The average molecular weight is 272 g/mol. The van der Waals surface area contributed by atoms with Crippen molar-refractivity contribution in [3.63, 3.8) is 0 Å². The lowest BCUT2D eigenvalue weighted by molar-refractivity contribution is -0.150. The molecule has 4 heteroatoms. The third-order valence-corrected chi connectivity index (χ3v) is 2.70. The summed E-state index contributed by atoms with van der Waals surface area (Å²) in [5, 5.41) is 9.17. The van der Waals surface area contributed by atoms with Gasteiger partial charge in [-0.1, -0.05) is 30.3 Å². The zero-order chi connectivity index (χ0) is 14.4. The molecule has 1 unspecified atom stereocenters. The number of rotatable bonds is 6. The molecule has 0 heterocycles. The van der Waals surface area contributed by atoms with Gasteiger partial charge in [0, 0.05) is 6.61 Å². The Kier molecular flexibility index (Phi) is 4.74. The molecule has 0 aliphatic heterocycles. The molecule has 1 atom stereocenters. The Hall–Kier alpha value is -2.33. The van der Waals surface area contributed by atoms with Gasteiger partial charge >= 0.3 is 5.97 Å². The van der Waals surface area contributed by atoms with Gasteiger partial charge in [-0.2, -0.15) is 0 Å². The van der Waals surface area contributed by atoms with Crippen LogP contribution in [-0.4, -0.2) is 17.7 Å². The maximum absolute atomic E-state index is 11.2. The van der Waals surface area contributed by atoms with Crippen LogP contribution in [0.4, 0.5) is 0 Å². The Morgan fingerprint density at radius 1 is 1.10 bits per heavy atom. The van der Waals surface area contributed by atoms with Crippen LogP contribution in [0.2, 0.25) is 0 Å². The Bertz CT molecular complexity index is 566. The summed E-state index contributed by atoms with van der Waals surface area (Å²) in [6.45, 7) is 2.10. The number of carboxylic acids is 1. The predicted molar refractivity (Wildman–Crippen MR) is 75.0 cm³/mol. The molecule has 0 bridgehead atoms. The minimum absolute atomic E-state index is 0.334. The molecule has 0 saturated carbocycles. The van der Waals surface area contributed by atoms with Crippen LogP contribution in [0.3, 0.4) is 0 Å². The number of aliphatic carboxylic acids is 1. The van der Waals surface area contributed by atoms with Gasteiger partial charge < -0.3 is 14.6 Å². The van der Waals surface area contributed by atoms with Crippen molar-refractivity contribution >= 4 is 5.97 Å². The lowest BCUT2D eigenvalue weighted by Gasteiger charge is -2.14. The van der Waals surface area contributed by atoms with Gasteiger partial charge in [0.1, 0.15) is 11.5 Å². The van der Waals surface area contributed by atoms with Crippen molar-refractivity contribution in [3.8, 4) is 11.5 Å². The zero-order valence-electron chi connectivity index (χ0n) is 11.2. The van der Waals surface area contributed by atoms with Crippen LogP contribution in [0.1, 0.15) is 18.6 Å². The lowest BCUT2D eigenvalue weighted by Crippen LogP contribution is -2.15. The van der Waals surface area contributed by atoms with Crippen LogP contribution in [0.25, 0.3) is 0 Å². The lowest BCUT2D eigenvalue weighted by atomic mass is 10.1. The first-order chi connectivity index (χ1) is 9.70. The molecule has 4 nitrogen and oxygen atoms in total. The van der Waals surface area contributed by atoms with E-state index in [0.29, 0.717) is 23.7 Å². The molecule has 0 fully saturated rings. The Labute approximate surface area is 117 Å². The van der Waals surface area contributed by atoms with Gasteiger partial charge in [-0.3, -0.25) is 0 Å². The predicted octanol–water partition coefficient (Wildman–Crippen LogP) is 3.64. The van der Waals surface area contributed by atoms with Crippen molar-refractivity contribution in [2.45, 2.75) is 13.0 Å². The molecule has 2 rings (SSSR count). The van der Waals surface area contributed by atoms with Gasteiger partial charge in [0.25, 0.3) is 0 Å². The summed E-state index contributed by atoms with van der Waals surface area (Å²) >= 11 is 0. The van der Waals surface area contributed by atoms with E-state index in [0.717, 1.165) is 0 Å². The molecule has 2 aromatic rings. The van der Waals surface area contributed by atoms with E-state index in [1.54, 1.807) is 31.2 Å². The minimum atomic E-state index is -1.01. The molecule has 0 aromatic heterocycles. The van der Waals surface area contributed by atoms with Crippen LogP contribution in [0, 0.1) is 0 Å². The number of ether oxygens (including phenoxy) is 2. The van der Waals surface area contributed by atoms with E-state index in [4.69, 9.17) is 9.47 Å². The monoisotopic (exact) mass is 272 g/mol. The molecular weight excluding hydrogens is 256 g/mol. The second-order valence-corrected chi connectivity index (χ2v) is 4.16. The molecule has 0 amide bonds. The van der Waals surface area contributed by atoms with Gasteiger partial charge in [0.15, 0.2) is 6.10 Å². The van der Waals surface area contributed by atoms with Crippen LogP contribution in [0.15, 0.2) is 54.6 Å². The van der Waals surface area contributed by atoms with Crippen molar-refractivity contribution in [3.05, 3.63) is 60.2 Å². The fraction of sp³-hybridized carbons (Fsp3) is 0.188. The highest BCUT2D eigenvalue weighted by atomic mass is 16.5. The van der Waals surface area contributed by atoms with E-state index >= 15 is 0 Å². The second kappa shape index (κ2) is 6.73. The molecule has 0 radical (unpaired) electrons. The molecule has 0 saturated heterocycles. The van der Waals surface area contributed by atoms with Crippen LogP contribution >= 0.6 is 0 Å². The van der Waals surface area contributed by atoms with E-state index in [9.17, 15) is 9.90 Å². The SMILES string of the molecule is CCOC(C(=O)O)c1cccc(Oc2ccccc2)c1. The van der Waals surface area contributed by atoms with Crippen LogP contribution in [0.5, 0.6) is 11.5 Å². The normalized spacial score (nSPS) is 11.8. The number of benzene rings is 2. The molecule has 0 aliphatic rings. The number of hydrogen-bond acceptors (Lipinski definition) is 3. The van der Waals surface area contributed by atoms with Crippen molar-refractivity contribution in [1.29, 1.82) is 0 Å². The minimum Gasteiger partial charge on any atom is -0.479 e. The first kappa shape index (κ1) is 14.1. The third-order valence-electron chi connectivity index (χ3n) is 2.70. The third kappa shape index (κ3) is 3.59. The van der Waals surface area contributed by atoms with Crippen molar-refractivity contribution < 1.29 is 19.4 Å². The van der Waals surface area contributed by atoms with E-state index in [-0.39, 0.29) is 0 Å². The highest BCUT2D eigenvalue weighted by Crippen LogP contribution is 2.26. The summed E-state index contributed by atoms with van der Waals surface area (Å²) in [7, 11) is 0. The van der Waals surface area contributed by atoms with Crippen LogP contribution < -0.4 is 4.74 Å². The summed E-state index contributed by atoms with van der Waals surface area (Å²) in [5.41, 5.74) is 0.563. The number of para-hydroxylation sites is 1.